The molecule has 0 heteroatoms. The fraction of sp³-hybridized carbons (Fsp3) is 0.400. The largest absolute Gasteiger partial charge is 0.0991 e. The van der Waals surface area contributed by atoms with E-state index >= 15 is 0 Å². The van der Waals surface area contributed by atoms with E-state index in [1.165, 1.54) is 5.57 Å². The molecule has 0 bridgehead atoms. The van der Waals surface area contributed by atoms with Gasteiger partial charge in [-0.15, -0.1) is 0 Å². The Kier molecular flexibility index (Phi) is 13.2. The molecule has 0 saturated carbocycles. The van der Waals surface area contributed by atoms with Crippen molar-refractivity contribution in [1.29, 1.82) is 0 Å². The Balaban J connectivity index is -0.000000196. The molecule has 0 N–H and O–H groups in total. The summed E-state index contributed by atoms with van der Waals surface area (Å²) in [6.07, 6.45) is 7.77. The van der Waals surface area contributed by atoms with E-state index in [0.717, 1.165) is 0 Å². The minimum absolute atomic E-state index is 0. The lowest BCUT2D eigenvalue weighted by molar-refractivity contribution is 1.48. The standard InChI is InChI=1S/C8H12.C2H6.H2/c1-4-6-7-8(3)5-2;1-2;/h4-7H,1H2,2-3H3;1-2H3;1H/b7-6-,8-5-;;. The summed E-state index contributed by atoms with van der Waals surface area (Å²) in [5.41, 5.74) is 1.27. The smallest absolute Gasteiger partial charge is 0 e. The fourth-order valence-electron chi connectivity index (χ4n) is 0.316. The van der Waals surface area contributed by atoms with Gasteiger partial charge in [-0.2, -0.15) is 0 Å². The summed E-state index contributed by atoms with van der Waals surface area (Å²) in [4.78, 5) is 0. The number of hydrogen-bond acceptors (Lipinski definition) is 0. The maximum absolute atomic E-state index is 3.55. The summed E-state index contributed by atoms with van der Waals surface area (Å²) in [6.45, 7) is 11.6. The van der Waals surface area contributed by atoms with Crippen LogP contribution in [0.4, 0.5) is 0 Å². The second-order valence-electron chi connectivity index (χ2n) is 1.63. The van der Waals surface area contributed by atoms with Crippen molar-refractivity contribution < 1.29 is 1.43 Å². The topological polar surface area (TPSA) is 0 Å². The monoisotopic (exact) mass is 140 g/mol. The normalized spacial score (nSPS) is 10.6. The molecule has 0 aromatic rings. The zero-order chi connectivity index (χ0) is 8.41. The van der Waals surface area contributed by atoms with Gasteiger partial charge in [-0.3, -0.25) is 0 Å². The van der Waals surface area contributed by atoms with E-state index in [1.54, 1.807) is 6.08 Å². The maximum atomic E-state index is 3.55. The van der Waals surface area contributed by atoms with Crippen LogP contribution in [0.15, 0.2) is 36.5 Å². The average molecular weight is 140 g/mol. The second kappa shape index (κ2) is 11.1. The van der Waals surface area contributed by atoms with Crippen LogP contribution in [0.3, 0.4) is 0 Å². The highest BCUT2D eigenvalue weighted by Crippen LogP contribution is 1.92. The van der Waals surface area contributed by atoms with Crippen LogP contribution in [0.25, 0.3) is 0 Å². The lowest BCUT2D eigenvalue weighted by atomic mass is 10.3. The van der Waals surface area contributed by atoms with Gasteiger partial charge in [-0.25, -0.2) is 0 Å². The third-order valence-corrected chi connectivity index (χ3v) is 0.951. The minimum atomic E-state index is 0. The van der Waals surface area contributed by atoms with Crippen LogP contribution in [-0.2, 0) is 0 Å². The Morgan fingerprint density at radius 2 is 1.90 bits per heavy atom. The molecular weight excluding hydrogens is 120 g/mol. The molecule has 0 atom stereocenters. The zero-order valence-electron chi connectivity index (χ0n) is 7.52. The van der Waals surface area contributed by atoms with Crippen LogP contribution in [0, 0.1) is 0 Å². The van der Waals surface area contributed by atoms with Crippen molar-refractivity contribution in [3.8, 4) is 0 Å². The zero-order valence-corrected chi connectivity index (χ0v) is 7.52. The molecule has 0 aliphatic rings. The molecule has 0 aliphatic heterocycles. The van der Waals surface area contributed by atoms with Crippen molar-refractivity contribution in [2.24, 2.45) is 0 Å². The third-order valence-electron chi connectivity index (χ3n) is 0.951. The molecule has 10 heavy (non-hydrogen) atoms. The summed E-state index contributed by atoms with van der Waals surface area (Å²) in [5, 5.41) is 0. The van der Waals surface area contributed by atoms with E-state index in [2.05, 4.69) is 19.6 Å². The molecule has 0 spiro atoms. The third kappa shape index (κ3) is 10.3. The summed E-state index contributed by atoms with van der Waals surface area (Å²) in [6, 6.07) is 0. The number of allylic oxidation sites excluding steroid dienone is 5. The molecule has 0 heterocycles. The molecule has 0 rings (SSSR count). The molecule has 0 aromatic carbocycles. The van der Waals surface area contributed by atoms with Crippen molar-refractivity contribution in [3.05, 3.63) is 36.5 Å². The maximum Gasteiger partial charge on any atom is 0 e. The SMILES string of the molecule is C=C/C=C\C(C)=C/C.CC.[HH]. The highest BCUT2D eigenvalue weighted by atomic mass is 13.8. The lowest BCUT2D eigenvalue weighted by Gasteiger charge is -1.82. The first-order valence-electron chi connectivity index (χ1n) is 3.73. The van der Waals surface area contributed by atoms with Gasteiger partial charge in [0.05, 0.1) is 0 Å². The first-order valence-corrected chi connectivity index (χ1v) is 3.73. The van der Waals surface area contributed by atoms with Crippen molar-refractivity contribution >= 4 is 0 Å². The summed E-state index contributed by atoms with van der Waals surface area (Å²) >= 11 is 0. The van der Waals surface area contributed by atoms with Crippen molar-refractivity contribution in [2.45, 2.75) is 27.7 Å². The van der Waals surface area contributed by atoms with Crippen LogP contribution >= 0.6 is 0 Å². The average Bonchev–Trinajstić information content (AvgIpc) is 2.04. The number of hydrogen-bond donors (Lipinski definition) is 0. The first-order chi connectivity index (χ1) is 4.81. The molecule has 60 valence electrons. The molecule has 0 radical (unpaired) electrons. The molecule has 0 saturated heterocycles. The lowest BCUT2D eigenvalue weighted by Crippen LogP contribution is -1.60. The Bertz CT molecular complexity index is 121. The van der Waals surface area contributed by atoms with Gasteiger partial charge < -0.3 is 0 Å². The summed E-state index contributed by atoms with van der Waals surface area (Å²) < 4.78 is 0. The molecular formula is C10H20. The van der Waals surface area contributed by atoms with Gasteiger partial charge in [-0.05, 0) is 13.8 Å². The van der Waals surface area contributed by atoms with Crippen molar-refractivity contribution in [2.75, 3.05) is 0 Å². The Labute approximate surface area is 66.4 Å². The quantitative estimate of drug-likeness (QED) is 0.509. The molecule has 0 amide bonds. The molecule has 0 fully saturated rings. The predicted octanol–water partition coefficient (Wildman–Crippen LogP) is 3.97. The van der Waals surface area contributed by atoms with Gasteiger partial charge in [0, 0.05) is 1.43 Å². The minimum Gasteiger partial charge on any atom is -0.0991 e. The van der Waals surface area contributed by atoms with Gasteiger partial charge in [0.15, 0.2) is 0 Å². The van der Waals surface area contributed by atoms with Gasteiger partial charge in [-0.1, -0.05) is 50.3 Å². The van der Waals surface area contributed by atoms with Crippen LogP contribution in [0.2, 0.25) is 0 Å². The van der Waals surface area contributed by atoms with E-state index in [0.29, 0.717) is 0 Å². The summed E-state index contributed by atoms with van der Waals surface area (Å²) in [5.74, 6) is 0. The summed E-state index contributed by atoms with van der Waals surface area (Å²) in [7, 11) is 0. The van der Waals surface area contributed by atoms with E-state index in [1.807, 2.05) is 32.9 Å². The molecule has 0 unspecified atom stereocenters. The van der Waals surface area contributed by atoms with Crippen LogP contribution in [-0.4, -0.2) is 0 Å². The van der Waals surface area contributed by atoms with Crippen molar-refractivity contribution in [1.82, 2.24) is 0 Å². The molecule has 0 aromatic heterocycles. The Morgan fingerprint density at radius 3 is 2.20 bits per heavy atom. The Morgan fingerprint density at radius 1 is 1.40 bits per heavy atom. The van der Waals surface area contributed by atoms with Crippen LogP contribution in [0.1, 0.15) is 29.1 Å². The van der Waals surface area contributed by atoms with E-state index in [9.17, 15) is 0 Å². The van der Waals surface area contributed by atoms with Gasteiger partial charge in [0.25, 0.3) is 0 Å². The predicted molar refractivity (Wildman–Crippen MR) is 52.2 cm³/mol. The van der Waals surface area contributed by atoms with Crippen LogP contribution < -0.4 is 0 Å². The first kappa shape index (κ1) is 12.0. The number of rotatable bonds is 2. The van der Waals surface area contributed by atoms with Crippen LogP contribution in [0.5, 0.6) is 0 Å². The van der Waals surface area contributed by atoms with E-state index in [4.69, 9.17) is 0 Å². The highest BCUT2D eigenvalue weighted by molar-refractivity contribution is 5.18. The van der Waals surface area contributed by atoms with E-state index in [-0.39, 0.29) is 1.43 Å². The molecule has 0 nitrogen and oxygen atoms in total. The van der Waals surface area contributed by atoms with Gasteiger partial charge >= 0.3 is 0 Å². The van der Waals surface area contributed by atoms with E-state index < -0.39 is 0 Å². The highest BCUT2D eigenvalue weighted by Gasteiger charge is 1.70. The van der Waals surface area contributed by atoms with Gasteiger partial charge in [0.2, 0.25) is 0 Å². The van der Waals surface area contributed by atoms with Crippen molar-refractivity contribution in [3.63, 3.8) is 0 Å². The van der Waals surface area contributed by atoms with Gasteiger partial charge in [0.1, 0.15) is 0 Å². The fourth-order valence-corrected chi connectivity index (χ4v) is 0.316. The Hall–Kier alpha value is -0.780. The molecule has 0 aliphatic carbocycles. The second-order valence-corrected chi connectivity index (χ2v) is 1.63.